The Bertz CT molecular complexity index is 5330. The molecule has 0 radical (unpaired) electrons. The van der Waals surface area contributed by atoms with Crippen molar-refractivity contribution in [2.24, 2.45) is 0 Å². The average Bonchev–Trinajstić information content (AvgIpc) is 1.56. The van der Waals surface area contributed by atoms with Crippen LogP contribution in [0.15, 0.2) is 279 Å². The fourth-order valence-electron chi connectivity index (χ4n) is 14.7. The Morgan fingerprint density at radius 3 is 1.20 bits per heavy atom. The number of benzene rings is 12. The Morgan fingerprint density at radius 1 is 0.302 bits per heavy atom. The first kappa shape index (κ1) is 49.9. The van der Waals surface area contributed by atoms with Crippen molar-refractivity contribution in [3.8, 4) is 33.4 Å². The molecule has 0 bridgehead atoms. The van der Waals surface area contributed by atoms with Gasteiger partial charge >= 0.3 is 0 Å². The molecular weight excluding hydrogens is 1040 g/mol. The number of para-hydroxylation sites is 2. The van der Waals surface area contributed by atoms with E-state index in [9.17, 15) is 0 Å². The Balaban J connectivity index is 0.888. The van der Waals surface area contributed by atoms with Gasteiger partial charge in [-0.25, -0.2) is 0 Å². The molecule has 1 atom stereocenters. The van der Waals surface area contributed by atoms with Crippen LogP contribution in [0, 0.1) is 20.8 Å². The van der Waals surface area contributed by atoms with E-state index in [1.807, 2.05) is 0 Å². The molecule has 0 saturated heterocycles. The van der Waals surface area contributed by atoms with Crippen molar-refractivity contribution in [2.45, 2.75) is 40.2 Å². The molecule has 1 aliphatic rings. The van der Waals surface area contributed by atoms with E-state index in [1.165, 1.54) is 154 Å². The van der Waals surface area contributed by atoms with E-state index in [1.54, 1.807) is 0 Å². The van der Waals surface area contributed by atoms with Crippen molar-refractivity contribution in [2.75, 3.05) is 9.80 Å². The maximum Gasteiger partial charge on any atom is 0.0621 e. The summed E-state index contributed by atoms with van der Waals surface area (Å²) < 4.78 is 5.16. The van der Waals surface area contributed by atoms with Crippen LogP contribution < -0.4 is 9.80 Å². The van der Waals surface area contributed by atoms with E-state index in [0.717, 1.165) is 23.5 Å². The Labute approximate surface area is 500 Å². The molecular formula is C82H60N4. The zero-order valence-electron chi connectivity index (χ0n) is 48.6. The van der Waals surface area contributed by atoms with E-state index >= 15 is 0 Å². The van der Waals surface area contributed by atoms with E-state index in [4.69, 9.17) is 0 Å². The van der Waals surface area contributed by atoms with Gasteiger partial charge in [0.15, 0.2) is 0 Å². The molecule has 4 heterocycles. The van der Waals surface area contributed by atoms with Gasteiger partial charge in [0.05, 0.1) is 50.5 Å². The van der Waals surface area contributed by atoms with Crippen molar-refractivity contribution < 1.29 is 0 Å². The highest BCUT2D eigenvalue weighted by molar-refractivity contribution is 6.31. The highest BCUT2D eigenvalue weighted by Crippen LogP contribution is 2.52. The summed E-state index contributed by atoms with van der Waals surface area (Å²) in [6, 6.07) is 97.3. The minimum atomic E-state index is 0.0651. The number of nitrogens with zero attached hydrogens (tertiary/aromatic N) is 4. The molecule has 1 aliphatic carbocycles. The lowest BCUT2D eigenvalue weighted by molar-refractivity contribution is 0.751. The third-order valence-corrected chi connectivity index (χ3v) is 18.9. The van der Waals surface area contributed by atoms with Crippen LogP contribution in [0.3, 0.4) is 0 Å². The number of fused-ring (bicyclic) bond motifs is 12. The van der Waals surface area contributed by atoms with Crippen LogP contribution >= 0.6 is 0 Å². The third kappa shape index (κ3) is 7.55. The molecule has 0 fully saturated rings. The first-order valence-corrected chi connectivity index (χ1v) is 30.2. The maximum atomic E-state index is 2.69. The number of aryl methyl sites for hydroxylation is 3. The average molecular weight is 1100 g/mol. The summed E-state index contributed by atoms with van der Waals surface area (Å²) in [4.78, 5) is 5.23. The molecule has 86 heavy (non-hydrogen) atoms. The van der Waals surface area contributed by atoms with Crippen molar-refractivity contribution >= 4 is 110 Å². The summed E-state index contributed by atoms with van der Waals surface area (Å²) in [6.45, 7) is 9.11. The minimum Gasteiger partial charge on any atom is -0.333 e. The number of rotatable bonds is 10. The quantitative estimate of drug-likeness (QED) is 0.136. The lowest BCUT2D eigenvalue weighted by atomic mass is 9.87. The van der Waals surface area contributed by atoms with Crippen LogP contribution in [0.5, 0.6) is 0 Å². The van der Waals surface area contributed by atoms with Gasteiger partial charge < -0.3 is 18.6 Å². The van der Waals surface area contributed by atoms with Gasteiger partial charge in [0.25, 0.3) is 0 Å². The van der Waals surface area contributed by atoms with Crippen LogP contribution in [-0.2, 0) is 0 Å². The van der Waals surface area contributed by atoms with Gasteiger partial charge in [-0.1, -0.05) is 224 Å². The van der Waals surface area contributed by atoms with E-state index in [-0.39, 0.29) is 6.04 Å². The van der Waals surface area contributed by atoms with Crippen molar-refractivity contribution in [3.05, 3.63) is 301 Å². The molecule has 0 N–H and O–H groups in total. The summed E-state index contributed by atoms with van der Waals surface area (Å²) in [7, 11) is 0. The number of hydrogen-bond donors (Lipinski definition) is 0. The molecule has 16 aromatic rings. The van der Waals surface area contributed by atoms with Gasteiger partial charge in [-0.2, -0.15) is 0 Å². The third-order valence-electron chi connectivity index (χ3n) is 18.9. The van der Waals surface area contributed by atoms with E-state index in [0.29, 0.717) is 0 Å². The van der Waals surface area contributed by atoms with Crippen molar-refractivity contribution in [1.29, 1.82) is 0 Å². The SMILES string of the molecule is CC1=CC=C(c2ccccc2)CC1N(c1cc(-c2ccccc2)ccc1C)c1cccc2c1c1cccc3c4cc5c(cc4n2c31)c1cccc2c3c(N(c4cc(-c6ccccc6)ccc4C)c4cc(-c6ccccc6)ccc4C)cccc3n5c12. The van der Waals surface area contributed by atoms with E-state index in [2.05, 4.69) is 319 Å². The highest BCUT2D eigenvalue weighted by atomic mass is 15.2. The lowest BCUT2D eigenvalue weighted by Gasteiger charge is -2.38. The normalized spacial score (nSPS) is 13.8. The first-order chi connectivity index (χ1) is 42.3. The summed E-state index contributed by atoms with van der Waals surface area (Å²) >= 11 is 0. The molecule has 4 aromatic heterocycles. The zero-order valence-corrected chi connectivity index (χ0v) is 48.6. The molecule has 0 spiro atoms. The molecule has 4 heteroatoms. The molecule has 408 valence electrons. The molecule has 0 saturated carbocycles. The second kappa shape index (κ2) is 19.5. The van der Waals surface area contributed by atoms with Crippen LogP contribution in [0.25, 0.3) is 115 Å². The summed E-state index contributed by atoms with van der Waals surface area (Å²) in [5.74, 6) is 0. The van der Waals surface area contributed by atoms with Gasteiger partial charge in [-0.05, 0) is 150 Å². The van der Waals surface area contributed by atoms with Crippen LogP contribution in [0.4, 0.5) is 28.4 Å². The molecule has 4 nitrogen and oxygen atoms in total. The smallest absolute Gasteiger partial charge is 0.0621 e. The summed E-state index contributed by atoms with van der Waals surface area (Å²) in [6.07, 6.45) is 5.57. The summed E-state index contributed by atoms with van der Waals surface area (Å²) in [5, 5.41) is 10.0. The minimum absolute atomic E-state index is 0.0651. The van der Waals surface area contributed by atoms with Crippen LogP contribution in [-0.4, -0.2) is 14.8 Å². The predicted molar refractivity (Wildman–Crippen MR) is 366 cm³/mol. The predicted octanol–water partition coefficient (Wildman–Crippen LogP) is 22.3. The van der Waals surface area contributed by atoms with Gasteiger partial charge in [0.1, 0.15) is 0 Å². The van der Waals surface area contributed by atoms with Gasteiger partial charge in [0, 0.05) is 60.2 Å². The molecule has 0 amide bonds. The Hall–Kier alpha value is -10.7. The topological polar surface area (TPSA) is 15.3 Å². The molecule has 0 aliphatic heterocycles. The van der Waals surface area contributed by atoms with Crippen molar-refractivity contribution in [3.63, 3.8) is 0 Å². The van der Waals surface area contributed by atoms with Gasteiger partial charge in [-0.15, -0.1) is 0 Å². The van der Waals surface area contributed by atoms with E-state index < -0.39 is 0 Å². The fraction of sp³-hybridized carbons (Fsp3) is 0.0732. The Kier molecular flexibility index (Phi) is 11.3. The standard InChI is InChI=1S/C82H60N4/c1-51-37-41-59(55-21-9-5-10-22-55)45-73(51)83(74-46-60(42-38-52(74)2)56-23-11-6-12-24-56)69-33-19-35-71-79(69)65-31-17-29-63-67-50-78-68(49-77(67)85(71)81(63)65)64-30-18-32-66-80-70(34-20-36-72(80)86(78)82(64)66)84(75-47-61(43-39-53(75)3)57-25-13-7-14-26-57)76-48-62(44-40-54(76)4)58-27-15-8-16-28-58/h5-47,49-50,76H,48H2,1-4H3. The largest absolute Gasteiger partial charge is 0.333 e. The van der Waals surface area contributed by atoms with Gasteiger partial charge in [0.2, 0.25) is 0 Å². The second-order valence-electron chi connectivity index (χ2n) is 23.8. The number of anilines is 5. The summed E-state index contributed by atoms with van der Waals surface area (Å²) in [5.41, 5.74) is 28.1. The Morgan fingerprint density at radius 2 is 0.709 bits per heavy atom. The fourth-order valence-corrected chi connectivity index (χ4v) is 14.7. The van der Waals surface area contributed by atoms with Gasteiger partial charge in [-0.3, -0.25) is 0 Å². The zero-order chi connectivity index (χ0) is 57.3. The first-order valence-electron chi connectivity index (χ1n) is 30.2. The molecule has 17 rings (SSSR count). The molecule has 12 aromatic carbocycles. The van der Waals surface area contributed by atoms with Crippen molar-refractivity contribution in [1.82, 2.24) is 8.80 Å². The maximum absolute atomic E-state index is 2.69. The number of allylic oxidation sites excluding steroid dienone is 2. The molecule has 1 unspecified atom stereocenters. The second-order valence-corrected chi connectivity index (χ2v) is 23.8. The number of aromatic nitrogens is 2. The highest BCUT2D eigenvalue weighted by Gasteiger charge is 2.32. The van der Waals surface area contributed by atoms with Crippen LogP contribution in [0.2, 0.25) is 0 Å². The lowest BCUT2D eigenvalue weighted by Crippen LogP contribution is -2.34. The van der Waals surface area contributed by atoms with Crippen LogP contribution in [0.1, 0.15) is 35.6 Å². The number of hydrogen-bond acceptors (Lipinski definition) is 2. The monoisotopic (exact) mass is 1100 g/mol.